The van der Waals surface area contributed by atoms with Crippen LogP contribution in [0.4, 0.5) is 0 Å². The Labute approximate surface area is 196 Å². The van der Waals surface area contributed by atoms with E-state index in [9.17, 15) is 15.0 Å². The van der Waals surface area contributed by atoms with Crippen LogP contribution in [0.3, 0.4) is 0 Å². The van der Waals surface area contributed by atoms with Crippen LogP contribution in [0.25, 0.3) is 0 Å². The average Bonchev–Trinajstić information content (AvgIpc) is 3.46. The van der Waals surface area contributed by atoms with E-state index in [2.05, 4.69) is 4.90 Å². The Morgan fingerprint density at radius 1 is 1.15 bits per heavy atom. The lowest BCUT2D eigenvalue weighted by Gasteiger charge is -2.40. The number of amides is 1. The van der Waals surface area contributed by atoms with Gasteiger partial charge in [-0.15, -0.1) is 0 Å². The van der Waals surface area contributed by atoms with E-state index >= 15 is 0 Å². The summed E-state index contributed by atoms with van der Waals surface area (Å²) in [6, 6.07) is 5.79. The minimum absolute atomic E-state index is 0.167. The lowest BCUT2D eigenvalue weighted by Crippen LogP contribution is -2.48. The van der Waals surface area contributed by atoms with Gasteiger partial charge >= 0.3 is 0 Å². The summed E-state index contributed by atoms with van der Waals surface area (Å²) in [4.78, 5) is 25.6. The normalized spacial score (nSPS) is 26.9. The monoisotopic (exact) mass is 462 g/mol. The van der Waals surface area contributed by atoms with Gasteiger partial charge in [0.25, 0.3) is 6.47 Å². The van der Waals surface area contributed by atoms with Crippen LogP contribution in [0.5, 0.6) is 11.5 Å². The Balaban J connectivity index is 0.000000968. The van der Waals surface area contributed by atoms with Crippen molar-refractivity contribution in [2.75, 3.05) is 33.3 Å². The van der Waals surface area contributed by atoms with Gasteiger partial charge in [0.05, 0.1) is 13.2 Å². The molecule has 3 fully saturated rings. The molecule has 1 amide bonds. The molecule has 0 radical (unpaired) electrons. The Kier molecular flexibility index (Phi) is 9.38. The van der Waals surface area contributed by atoms with Gasteiger partial charge in [0, 0.05) is 25.6 Å². The van der Waals surface area contributed by atoms with Gasteiger partial charge in [0.1, 0.15) is 0 Å². The molecule has 4 atom stereocenters. The van der Waals surface area contributed by atoms with Crippen molar-refractivity contribution in [3.05, 3.63) is 23.8 Å². The topological polar surface area (TPSA) is 111 Å². The Morgan fingerprint density at radius 3 is 2.45 bits per heavy atom. The van der Waals surface area contributed by atoms with E-state index in [0.717, 1.165) is 63.8 Å². The second kappa shape index (κ2) is 12.2. The minimum atomic E-state index is -0.250. The fraction of sp³-hybridized carbons (Fsp3) is 0.680. The number of carboxylic acid groups (broad SMARTS) is 1. The van der Waals surface area contributed by atoms with Crippen LogP contribution in [0, 0.1) is 11.8 Å². The number of ether oxygens (including phenoxy) is 1. The zero-order valence-electron chi connectivity index (χ0n) is 19.6. The van der Waals surface area contributed by atoms with Crippen molar-refractivity contribution in [3.8, 4) is 11.5 Å². The van der Waals surface area contributed by atoms with Crippen molar-refractivity contribution >= 4 is 12.4 Å². The van der Waals surface area contributed by atoms with Gasteiger partial charge in [0.2, 0.25) is 5.91 Å². The molecule has 0 spiro atoms. The number of benzene rings is 1. The summed E-state index contributed by atoms with van der Waals surface area (Å²) in [5.74, 6) is 1.92. The molecule has 33 heavy (non-hydrogen) atoms. The highest BCUT2D eigenvalue weighted by Gasteiger charge is 2.44. The van der Waals surface area contributed by atoms with Gasteiger partial charge in [-0.25, -0.2) is 0 Å². The highest BCUT2D eigenvalue weighted by molar-refractivity contribution is 5.76. The number of aliphatic hydroxyl groups is 1. The number of phenols is 1. The maximum absolute atomic E-state index is 12.8. The molecular formula is C25H38N2O6. The third-order valence-corrected chi connectivity index (χ3v) is 7.42. The SMILES string of the molecule is COc1ccc(CCCCC(=O)N2C[C@H]3C[C@@H](N4CCCC4)[C@H](O)C[C@H]3C2)cc1O.O=CO. The van der Waals surface area contributed by atoms with Crippen molar-refractivity contribution in [3.63, 3.8) is 0 Å². The molecule has 4 rings (SSSR count). The number of rotatable bonds is 7. The van der Waals surface area contributed by atoms with E-state index in [-0.39, 0.29) is 24.2 Å². The number of phenolic OH excluding ortho intramolecular Hbond substituents is 1. The summed E-state index contributed by atoms with van der Waals surface area (Å²) in [5.41, 5.74) is 1.06. The van der Waals surface area contributed by atoms with Gasteiger partial charge in [0.15, 0.2) is 11.5 Å². The van der Waals surface area contributed by atoms with Crippen molar-refractivity contribution in [1.82, 2.24) is 9.80 Å². The van der Waals surface area contributed by atoms with E-state index in [1.54, 1.807) is 19.2 Å². The standard InChI is InChI=1S/C24H36N2O4.CH2O2/c1-30-23-9-8-17(12-22(23)28)6-2-3-7-24(29)26-15-18-13-20(25-10-4-5-11-25)21(27)14-19(18)16-26;2-1-3/h8-9,12,18-21,27-28H,2-7,10-11,13-16H2,1H3;1H,(H,2,3)/t18-,19+,20-,21-;/m1./s1. The number of carbonyl (C=O) groups excluding carboxylic acids is 1. The molecule has 0 aromatic heterocycles. The number of aromatic hydroxyl groups is 1. The second-order valence-electron chi connectivity index (χ2n) is 9.49. The Hall–Kier alpha value is -2.32. The number of fused-ring (bicyclic) bond motifs is 1. The predicted molar refractivity (Wildman–Crippen MR) is 124 cm³/mol. The molecule has 2 aliphatic heterocycles. The average molecular weight is 463 g/mol. The number of aryl methyl sites for hydroxylation is 1. The predicted octanol–water partition coefficient (Wildman–Crippen LogP) is 2.51. The Bertz CT molecular complexity index is 782. The highest BCUT2D eigenvalue weighted by Crippen LogP contribution is 2.39. The number of aliphatic hydroxyl groups excluding tert-OH is 1. The summed E-state index contributed by atoms with van der Waals surface area (Å²) in [7, 11) is 1.54. The molecule has 0 unspecified atom stereocenters. The molecule has 8 heteroatoms. The molecule has 1 aromatic rings. The first kappa shape index (κ1) is 25.3. The lowest BCUT2D eigenvalue weighted by atomic mass is 9.77. The van der Waals surface area contributed by atoms with E-state index in [1.807, 2.05) is 11.0 Å². The number of hydrogen-bond donors (Lipinski definition) is 3. The molecule has 2 heterocycles. The number of methoxy groups -OCH3 is 1. The molecule has 2 saturated heterocycles. The molecule has 1 aliphatic carbocycles. The van der Waals surface area contributed by atoms with Crippen LogP contribution >= 0.6 is 0 Å². The van der Waals surface area contributed by atoms with Crippen LogP contribution in [-0.4, -0.2) is 82.9 Å². The van der Waals surface area contributed by atoms with Crippen LogP contribution in [0.2, 0.25) is 0 Å². The van der Waals surface area contributed by atoms with Crippen molar-refractivity contribution in [2.24, 2.45) is 11.8 Å². The fourth-order valence-electron chi connectivity index (χ4n) is 5.73. The third-order valence-electron chi connectivity index (χ3n) is 7.42. The van der Waals surface area contributed by atoms with Crippen LogP contribution < -0.4 is 4.74 Å². The molecule has 0 bridgehead atoms. The van der Waals surface area contributed by atoms with Gasteiger partial charge in [-0.05, 0) is 87.6 Å². The minimum Gasteiger partial charge on any atom is -0.504 e. The summed E-state index contributed by atoms with van der Waals surface area (Å²) in [6.45, 7) is 3.67. The quantitative estimate of drug-likeness (QED) is 0.422. The number of likely N-dealkylation sites (tertiary alicyclic amines) is 2. The summed E-state index contributed by atoms with van der Waals surface area (Å²) >= 11 is 0. The van der Waals surface area contributed by atoms with Crippen molar-refractivity contribution in [2.45, 2.75) is 63.5 Å². The molecule has 184 valence electrons. The zero-order chi connectivity index (χ0) is 23.8. The summed E-state index contributed by atoms with van der Waals surface area (Å²) in [6.07, 6.45) is 7.35. The van der Waals surface area contributed by atoms with Crippen LogP contribution in [-0.2, 0) is 16.0 Å². The third kappa shape index (κ3) is 6.60. The molecule has 8 nitrogen and oxygen atoms in total. The largest absolute Gasteiger partial charge is 0.504 e. The lowest BCUT2D eigenvalue weighted by molar-refractivity contribution is -0.130. The highest BCUT2D eigenvalue weighted by atomic mass is 16.5. The van der Waals surface area contributed by atoms with E-state index in [1.165, 1.54) is 12.8 Å². The summed E-state index contributed by atoms with van der Waals surface area (Å²) in [5, 5.41) is 27.4. The smallest absolute Gasteiger partial charge is 0.290 e. The first-order valence-electron chi connectivity index (χ1n) is 12.1. The van der Waals surface area contributed by atoms with Crippen LogP contribution in [0.1, 0.15) is 50.5 Å². The Morgan fingerprint density at radius 2 is 1.82 bits per heavy atom. The van der Waals surface area contributed by atoms with Gasteiger partial charge in [-0.1, -0.05) is 6.07 Å². The second-order valence-corrected chi connectivity index (χ2v) is 9.49. The maximum atomic E-state index is 12.8. The molecule has 1 aromatic carbocycles. The first-order valence-corrected chi connectivity index (χ1v) is 12.1. The van der Waals surface area contributed by atoms with Crippen molar-refractivity contribution < 1.29 is 29.6 Å². The number of nitrogens with zero attached hydrogens (tertiary/aromatic N) is 2. The fourth-order valence-corrected chi connectivity index (χ4v) is 5.73. The van der Waals surface area contributed by atoms with Gasteiger partial charge in [-0.3, -0.25) is 14.5 Å². The van der Waals surface area contributed by atoms with Gasteiger partial charge in [-0.2, -0.15) is 0 Å². The number of carbonyl (C=O) groups is 2. The van der Waals surface area contributed by atoms with E-state index in [4.69, 9.17) is 14.6 Å². The van der Waals surface area contributed by atoms with Crippen LogP contribution in [0.15, 0.2) is 18.2 Å². The maximum Gasteiger partial charge on any atom is 0.290 e. The first-order chi connectivity index (χ1) is 16.0. The molecule has 3 aliphatic rings. The zero-order valence-corrected chi connectivity index (χ0v) is 19.6. The van der Waals surface area contributed by atoms with E-state index in [0.29, 0.717) is 30.0 Å². The van der Waals surface area contributed by atoms with Crippen molar-refractivity contribution in [1.29, 1.82) is 0 Å². The molecule has 3 N–H and O–H groups in total. The molecular weight excluding hydrogens is 424 g/mol. The summed E-state index contributed by atoms with van der Waals surface area (Å²) < 4.78 is 5.08. The number of hydrogen-bond acceptors (Lipinski definition) is 6. The van der Waals surface area contributed by atoms with E-state index < -0.39 is 0 Å². The number of unbranched alkanes of at least 4 members (excludes halogenated alkanes) is 1. The van der Waals surface area contributed by atoms with Gasteiger partial charge < -0.3 is 25.0 Å². The molecule has 1 saturated carbocycles.